The van der Waals surface area contributed by atoms with Crippen LogP contribution < -0.4 is 5.32 Å². The van der Waals surface area contributed by atoms with Crippen LogP contribution in [-0.2, 0) is 22.1 Å². The summed E-state index contributed by atoms with van der Waals surface area (Å²) in [5.41, 5.74) is 0. The molecule has 1 aromatic heterocycles. The van der Waals surface area contributed by atoms with E-state index in [-0.39, 0.29) is 0 Å². The third-order valence-corrected chi connectivity index (χ3v) is 3.36. The molecule has 0 aliphatic heterocycles. The summed E-state index contributed by atoms with van der Waals surface area (Å²) in [5.74, 6) is 1.62. The third-order valence-electron chi connectivity index (χ3n) is 2.50. The summed E-state index contributed by atoms with van der Waals surface area (Å²) < 4.78 is 18.3. The van der Waals surface area contributed by atoms with Crippen LogP contribution >= 0.6 is 0 Å². The van der Waals surface area contributed by atoms with Gasteiger partial charge in [-0.3, -0.25) is 4.21 Å². The fourth-order valence-corrected chi connectivity index (χ4v) is 2.16. The van der Waals surface area contributed by atoms with Crippen LogP contribution in [0.25, 0.3) is 0 Å². The standard InChI is InChI=1S/C12H23N3O2S/c1-3-17-10-5-8-15-9-7-14-12(15)13-6-4-11-18(2)16/h7,9H,3-6,8,10-11H2,1-2H3,(H,13,14). The molecular weight excluding hydrogens is 250 g/mol. The average Bonchev–Trinajstić information content (AvgIpc) is 2.78. The van der Waals surface area contributed by atoms with Crippen LogP contribution in [0.4, 0.5) is 5.95 Å². The Hall–Kier alpha value is -0.880. The first-order chi connectivity index (χ1) is 8.74. The molecule has 0 amide bonds. The van der Waals surface area contributed by atoms with Crippen molar-refractivity contribution < 1.29 is 8.95 Å². The van der Waals surface area contributed by atoms with Gasteiger partial charge < -0.3 is 14.6 Å². The quantitative estimate of drug-likeness (QED) is 0.656. The van der Waals surface area contributed by atoms with Crippen molar-refractivity contribution in [2.45, 2.75) is 26.3 Å². The Kier molecular flexibility index (Phi) is 7.68. The Balaban J connectivity index is 2.24. The zero-order valence-electron chi connectivity index (χ0n) is 11.2. The van der Waals surface area contributed by atoms with Crippen LogP contribution in [0.5, 0.6) is 0 Å². The summed E-state index contributed by atoms with van der Waals surface area (Å²) in [4.78, 5) is 4.27. The maximum atomic E-state index is 10.9. The summed E-state index contributed by atoms with van der Waals surface area (Å²) in [7, 11) is -0.710. The summed E-state index contributed by atoms with van der Waals surface area (Å²) in [6.45, 7) is 5.26. The van der Waals surface area contributed by atoms with Crippen LogP contribution in [0.2, 0.25) is 0 Å². The molecule has 0 spiro atoms. The number of hydrogen-bond acceptors (Lipinski definition) is 4. The van der Waals surface area contributed by atoms with E-state index in [2.05, 4.69) is 14.9 Å². The molecule has 1 aromatic rings. The van der Waals surface area contributed by atoms with Gasteiger partial charge in [-0.05, 0) is 19.8 Å². The minimum atomic E-state index is -0.710. The highest BCUT2D eigenvalue weighted by Gasteiger charge is 2.01. The number of nitrogens with one attached hydrogen (secondary N) is 1. The van der Waals surface area contributed by atoms with Crippen LogP contribution in [-0.4, -0.2) is 45.5 Å². The van der Waals surface area contributed by atoms with Gasteiger partial charge in [-0.25, -0.2) is 4.98 Å². The SMILES string of the molecule is CCOCCCn1ccnc1NCCCS(C)=O. The molecule has 0 fully saturated rings. The second-order valence-electron chi connectivity index (χ2n) is 4.05. The van der Waals surface area contributed by atoms with E-state index < -0.39 is 10.8 Å². The maximum absolute atomic E-state index is 10.9. The van der Waals surface area contributed by atoms with E-state index >= 15 is 0 Å². The lowest BCUT2D eigenvalue weighted by atomic mass is 10.4. The minimum Gasteiger partial charge on any atom is -0.382 e. The predicted octanol–water partition coefficient (Wildman–Crippen LogP) is 1.49. The Morgan fingerprint density at radius 3 is 3.06 bits per heavy atom. The molecule has 5 nitrogen and oxygen atoms in total. The zero-order chi connectivity index (χ0) is 13.2. The Morgan fingerprint density at radius 1 is 1.50 bits per heavy atom. The van der Waals surface area contributed by atoms with Crippen molar-refractivity contribution in [2.24, 2.45) is 0 Å². The van der Waals surface area contributed by atoms with Gasteiger partial charge in [0.15, 0.2) is 0 Å². The van der Waals surface area contributed by atoms with Gasteiger partial charge in [-0.15, -0.1) is 0 Å². The molecular formula is C12H23N3O2S. The monoisotopic (exact) mass is 273 g/mol. The van der Waals surface area contributed by atoms with Gasteiger partial charge in [0.05, 0.1) is 0 Å². The van der Waals surface area contributed by atoms with Crippen molar-refractivity contribution in [3.63, 3.8) is 0 Å². The molecule has 1 N–H and O–H groups in total. The first-order valence-corrected chi connectivity index (χ1v) is 8.09. The lowest BCUT2D eigenvalue weighted by Gasteiger charge is -2.09. The number of hydrogen-bond donors (Lipinski definition) is 1. The first kappa shape index (κ1) is 15.2. The lowest BCUT2D eigenvalue weighted by molar-refractivity contribution is 0.142. The topological polar surface area (TPSA) is 56.1 Å². The number of ether oxygens (including phenoxy) is 1. The van der Waals surface area contributed by atoms with Crippen molar-refractivity contribution in [2.75, 3.05) is 37.1 Å². The summed E-state index contributed by atoms with van der Waals surface area (Å²) in [5, 5.41) is 3.27. The van der Waals surface area contributed by atoms with Crippen LogP contribution in [0, 0.1) is 0 Å². The normalized spacial score (nSPS) is 12.6. The van der Waals surface area contributed by atoms with E-state index in [9.17, 15) is 4.21 Å². The van der Waals surface area contributed by atoms with E-state index in [1.165, 1.54) is 0 Å². The van der Waals surface area contributed by atoms with E-state index in [1.807, 2.05) is 13.1 Å². The molecule has 104 valence electrons. The highest BCUT2D eigenvalue weighted by molar-refractivity contribution is 7.84. The molecule has 0 aliphatic carbocycles. The highest BCUT2D eigenvalue weighted by atomic mass is 32.2. The molecule has 0 saturated heterocycles. The van der Waals surface area contributed by atoms with Gasteiger partial charge in [0.2, 0.25) is 5.95 Å². The summed E-state index contributed by atoms with van der Waals surface area (Å²) >= 11 is 0. The van der Waals surface area contributed by atoms with Crippen molar-refractivity contribution in [3.8, 4) is 0 Å². The fraction of sp³-hybridized carbons (Fsp3) is 0.750. The molecule has 0 radical (unpaired) electrons. The lowest BCUT2D eigenvalue weighted by Crippen LogP contribution is -2.11. The molecule has 0 saturated carbocycles. The largest absolute Gasteiger partial charge is 0.382 e. The third kappa shape index (κ3) is 6.16. The number of imidazole rings is 1. The van der Waals surface area contributed by atoms with E-state index in [0.29, 0.717) is 0 Å². The van der Waals surface area contributed by atoms with E-state index in [4.69, 9.17) is 4.74 Å². The van der Waals surface area contributed by atoms with Gasteiger partial charge in [-0.1, -0.05) is 0 Å². The van der Waals surface area contributed by atoms with E-state index in [0.717, 1.165) is 50.8 Å². The molecule has 6 heteroatoms. The highest BCUT2D eigenvalue weighted by Crippen LogP contribution is 2.05. The summed E-state index contributed by atoms with van der Waals surface area (Å²) in [6.07, 6.45) is 7.37. The van der Waals surface area contributed by atoms with E-state index in [1.54, 1.807) is 12.5 Å². The zero-order valence-corrected chi connectivity index (χ0v) is 12.0. The van der Waals surface area contributed by atoms with Crippen LogP contribution in [0.1, 0.15) is 19.8 Å². The molecule has 1 atom stereocenters. The fourth-order valence-electron chi connectivity index (χ4n) is 1.61. The molecule has 0 aliphatic rings. The number of nitrogens with zero attached hydrogens (tertiary/aromatic N) is 2. The van der Waals surface area contributed by atoms with Gasteiger partial charge in [0, 0.05) is 61.5 Å². The van der Waals surface area contributed by atoms with Crippen LogP contribution in [0.15, 0.2) is 12.4 Å². The van der Waals surface area contributed by atoms with Crippen LogP contribution in [0.3, 0.4) is 0 Å². The Morgan fingerprint density at radius 2 is 2.33 bits per heavy atom. The summed E-state index contributed by atoms with van der Waals surface area (Å²) in [6, 6.07) is 0. The minimum absolute atomic E-state index is 0.710. The van der Waals surface area contributed by atoms with Crippen molar-refractivity contribution in [1.29, 1.82) is 0 Å². The number of rotatable bonds is 10. The maximum Gasteiger partial charge on any atom is 0.202 e. The van der Waals surface area contributed by atoms with Crippen molar-refractivity contribution in [3.05, 3.63) is 12.4 Å². The Bertz CT molecular complexity index is 355. The van der Waals surface area contributed by atoms with Gasteiger partial charge in [-0.2, -0.15) is 0 Å². The molecule has 18 heavy (non-hydrogen) atoms. The Labute approximate surface area is 111 Å². The van der Waals surface area contributed by atoms with Gasteiger partial charge >= 0.3 is 0 Å². The molecule has 1 rings (SSSR count). The first-order valence-electron chi connectivity index (χ1n) is 6.36. The molecule has 0 bridgehead atoms. The second kappa shape index (κ2) is 9.10. The van der Waals surface area contributed by atoms with Crippen molar-refractivity contribution in [1.82, 2.24) is 9.55 Å². The predicted molar refractivity (Wildman–Crippen MR) is 75.4 cm³/mol. The van der Waals surface area contributed by atoms with Gasteiger partial charge in [0.1, 0.15) is 0 Å². The second-order valence-corrected chi connectivity index (χ2v) is 5.61. The molecule has 0 aromatic carbocycles. The average molecular weight is 273 g/mol. The van der Waals surface area contributed by atoms with Gasteiger partial charge in [0.25, 0.3) is 0 Å². The number of aryl methyl sites for hydroxylation is 1. The van der Waals surface area contributed by atoms with Crippen molar-refractivity contribution >= 4 is 16.7 Å². The molecule has 1 unspecified atom stereocenters. The smallest absolute Gasteiger partial charge is 0.202 e. The molecule has 1 heterocycles. The number of aromatic nitrogens is 2. The number of anilines is 1.